The number of nitro groups is 1. The monoisotopic (exact) mass is 219 g/mol. The highest BCUT2D eigenvalue weighted by Crippen LogP contribution is 2.28. The number of para-hydroxylation sites is 1. The third-order valence-electron chi connectivity index (χ3n) is 2.13. The lowest BCUT2D eigenvalue weighted by Crippen LogP contribution is -1.90. The molecule has 0 bridgehead atoms. The number of methoxy groups -OCH3 is 1. The predicted molar refractivity (Wildman–Crippen MR) is 57.2 cm³/mol. The van der Waals surface area contributed by atoms with E-state index in [4.69, 9.17) is 4.74 Å². The lowest BCUT2D eigenvalue weighted by Gasteiger charge is -2.03. The molecule has 1 heterocycles. The predicted octanol–water partition coefficient (Wildman–Crippen LogP) is 1.99. The smallest absolute Gasteiger partial charge is 0.432 e. The number of H-pyrrole nitrogens is 1. The van der Waals surface area contributed by atoms with Gasteiger partial charge in [0.15, 0.2) is 0 Å². The van der Waals surface area contributed by atoms with Crippen LogP contribution in [0, 0.1) is 10.1 Å². The first-order chi connectivity index (χ1) is 7.72. The SMILES string of the molecule is COc1ccccc1-c1cnc([N+](=O)[O-])[nH]1. The second-order valence-corrected chi connectivity index (χ2v) is 3.08. The van der Waals surface area contributed by atoms with Gasteiger partial charge in [0.2, 0.25) is 0 Å². The van der Waals surface area contributed by atoms with E-state index in [9.17, 15) is 10.1 Å². The van der Waals surface area contributed by atoms with Crippen molar-refractivity contribution in [2.75, 3.05) is 7.11 Å². The average molecular weight is 219 g/mol. The van der Waals surface area contributed by atoms with Gasteiger partial charge in [0.25, 0.3) is 0 Å². The van der Waals surface area contributed by atoms with Crippen molar-refractivity contribution in [3.05, 3.63) is 40.6 Å². The van der Waals surface area contributed by atoms with E-state index in [0.29, 0.717) is 11.4 Å². The van der Waals surface area contributed by atoms with Crippen LogP contribution in [0.1, 0.15) is 0 Å². The van der Waals surface area contributed by atoms with E-state index in [2.05, 4.69) is 9.97 Å². The Bertz CT molecular complexity index is 522. The highest BCUT2D eigenvalue weighted by atomic mass is 16.6. The van der Waals surface area contributed by atoms with Gasteiger partial charge in [0.05, 0.1) is 12.7 Å². The Morgan fingerprint density at radius 1 is 1.44 bits per heavy atom. The van der Waals surface area contributed by atoms with Crippen LogP contribution in [0.3, 0.4) is 0 Å². The lowest BCUT2D eigenvalue weighted by atomic mass is 10.1. The summed E-state index contributed by atoms with van der Waals surface area (Å²) >= 11 is 0. The molecule has 0 saturated heterocycles. The Labute approximate surface area is 91.0 Å². The van der Waals surface area contributed by atoms with E-state index in [0.717, 1.165) is 5.56 Å². The number of nitrogens with zero attached hydrogens (tertiary/aromatic N) is 2. The standard InChI is InChI=1S/C10H9N3O3/c1-16-9-5-3-2-4-7(9)8-6-11-10(12-8)13(14)15/h2-6H,1H3,(H,11,12). The van der Waals surface area contributed by atoms with E-state index >= 15 is 0 Å². The molecule has 0 aliphatic carbocycles. The number of rotatable bonds is 3. The molecule has 2 rings (SSSR count). The minimum atomic E-state index is -0.571. The number of aromatic nitrogens is 2. The fraction of sp³-hybridized carbons (Fsp3) is 0.100. The molecule has 0 saturated carbocycles. The van der Waals surface area contributed by atoms with Crippen LogP contribution in [0.5, 0.6) is 5.75 Å². The molecule has 0 aliphatic heterocycles. The molecule has 16 heavy (non-hydrogen) atoms. The van der Waals surface area contributed by atoms with E-state index < -0.39 is 4.92 Å². The zero-order valence-electron chi connectivity index (χ0n) is 8.51. The number of ether oxygens (including phenoxy) is 1. The van der Waals surface area contributed by atoms with Gasteiger partial charge in [-0.05, 0) is 17.1 Å². The summed E-state index contributed by atoms with van der Waals surface area (Å²) in [6, 6.07) is 7.23. The number of nitrogens with one attached hydrogen (secondary N) is 1. The normalized spacial score (nSPS) is 10.1. The first kappa shape index (κ1) is 10.2. The highest BCUT2D eigenvalue weighted by Gasteiger charge is 2.15. The maximum absolute atomic E-state index is 10.5. The van der Waals surface area contributed by atoms with E-state index in [-0.39, 0.29) is 5.95 Å². The van der Waals surface area contributed by atoms with Crippen LogP contribution in [-0.2, 0) is 0 Å². The molecule has 6 nitrogen and oxygen atoms in total. The van der Waals surface area contributed by atoms with Crippen LogP contribution in [0.4, 0.5) is 5.95 Å². The molecule has 1 aromatic heterocycles. The van der Waals surface area contributed by atoms with Gasteiger partial charge in [-0.1, -0.05) is 17.1 Å². The van der Waals surface area contributed by atoms with Crippen LogP contribution in [-0.4, -0.2) is 22.0 Å². The zero-order chi connectivity index (χ0) is 11.5. The summed E-state index contributed by atoms with van der Waals surface area (Å²) in [6.07, 6.45) is 1.41. The van der Waals surface area contributed by atoms with Crippen molar-refractivity contribution in [2.45, 2.75) is 0 Å². The summed E-state index contributed by atoms with van der Waals surface area (Å²) in [7, 11) is 1.55. The van der Waals surface area contributed by atoms with Crippen molar-refractivity contribution in [1.82, 2.24) is 9.97 Å². The molecule has 0 atom stereocenters. The molecule has 6 heteroatoms. The third kappa shape index (κ3) is 1.72. The highest BCUT2D eigenvalue weighted by molar-refractivity contribution is 5.67. The third-order valence-corrected chi connectivity index (χ3v) is 2.13. The summed E-state index contributed by atoms with van der Waals surface area (Å²) < 4.78 is 5.15. The molecule has 0 aliphatic rings. The van der Waals surface area contributed by atoms with Crippen molar-refractivity contribution in [2.24, 2.45) is 0 Å². The fourth-order valence-electron chi connectivity index (χ4n) is 1.41. The Morgan fingerprint density at radius 3 is 2.81 bits per heavy atom. The van der Waals surface area contributed by atoms with Gasteiger partial charge in [0.1, 0.15) is 17.6 Å². The summed E-state index contributed by atoms with van der Waals surface area (Å²) in [5, 5.41) is 10.5. The van der Waals surface area contributed by atoms with Gasteiger partial charge in [-0.25, -0.2) is 4.98 Å². The second kappa shape index (κ2) is 4.01. The Balaban J connectivity index is 2.46. The Morgan fingerprint density at radius 2 is 2.19 bits per heavy atom. The molecule has 1 N–H and O–H groups in total. The van der Waals surface area contributed by atoms with E-state index in [1.165, 1.54) is 6.20 Å². The van der Waals surface area contributed by atoms with Gasteiger partial charge in [0, 0.05) is 0 Å². The van der Waals surface area contributed by atoms with E-state index in [1.807, 2.05) is 12.1 Å². The second-order valence-electron chi connectivity index (χ2n) is 3.08. The van der Waals surface area contributed by atoms with Gasteiger partial charge >= 0.3 is 5.95 Å². The molecule has 2 aromatic rings. The molecular formula is C10H9N3O3. The maximum atomic E-state index is 10.5. The van der Waals surface area contributed by atoms with Crippen molar-refractivity contribution in [1.29, 1.82) is 0 Å². The number of imidazole rings is 1. The molecule has 82 valence electrons. The van der Waals surface area contributed by atoms with Crippen molar-refractivity contribution < 1.29 is 9.66 Å². The number of hydrogen-bond donors (Lipinski definition) is 1. The minimum absolute atomic E-state index is 0.277. The minimum Gasteiger partial charge on any atom is -0.496 e. The number of benzene rings is 1. The van der Waals surface area contributed by atoms with Crippen molar-refractivity contribution in [3.63, 3.8) is 0 Å². The van der Waals surface area contributed by atoms with Crippen LogP contribution in [0.2, 0.25) is 0 Å². The topological polar surface area (TPSA) is 81.1 Å². The average Bonchev–Trinajstić information content (AvgIpc) is 2.78. The molecular weight excluding hydrogens is 210 g/mol. The summed E-state index contributed by atoms with van der Waals surface area (Å²) in [5.74, 6) is 0.363. The summed E-state index contributed by atoms with van der Waals surface area (Å²) in [5.41, 5.74) is 1.30. The summed E-state index contributed by atoms with van der Waals surface area (Å²) in [6.45, 7) is 0. The Hall–Kier alpha value is -2.37. The molecule has 0 fully saturated rings. The van der Waals surface area contributed by atoms with Crippen LogP contribution in [0.25, 0.3) is 11.3 Å². The molecule has 0 amide bonds. The van der Waals surface area contributed by atoms with Gasteiger partial charge in [-0.15, -0.1) is 0 Å². The maximum Gasteiger partial charge on any atom is 0.432 e. The largest absolute Gasteiger partial charge is 0.496 e. The fourth-order valence-corrected chi connectivity index (χ4v) is 1.41. The van der Waals surface area contributed by atoms with E-state index in [1.54, 1.807) is 19.2 Å². The van der Waals surface area contributed by atoms with Crippen molar-refractivity contribution in [3.8, 4) is 17.0 Å². The lowest BCUT2D eigenvalue weighted by molar-refractivity contribution is -0.393. The van der Waals surface area contributed by atoms with Crippen LogP contribution < -0.4 is 4.74 Å². The van der Waals surface area contributed by atoms with Crippen molar-refractivity contribution >= 4 is 5.95 Å². The first-order valence-corrected chi connectivity index (χ1v) is 4.55. The quantitative estimate of drug-likeness (QED) is 0.632. The zero-order valence-corrected chi connectivity index (χ0v) is 8.51. The van der Waals surface area contributed by atoms with Crippen LogP contribution >= 0.6 is 0 Å². The van der Waals surface area contributed by atoms with Crippen LogP contribution in [0.15, 0.2) is 30.5 Å². The molecule has 0 radical (unpaired) electrons. The molecule has 1 aromatic carbocycles. The molecule has 0 spiro atoms. The first-order valence-electron chi connectivity index (χ1n) is 4.55. The van der Waals surface area contributed by atoms with Gasteiger partial charge in [-0.2, -0.15) is 0 Å². The summed E-state index contributed by atoms with van der Waals surface area (Å²) in [4.78, 5) is 16.2. The Kier molecular flexibility index (Phi) is 2.55. The number of hydrogen-bond acceptors (Lipinski definition) is 4. The van der Waals surface area contributed by atoms with Gasteiger partial charge in [-0.3, -0.25) is 0 Å². The van der Waals surface area contributed by atoms with Gasteiger partial charge < -0.3 is 14.9 Å². The number of aromatic amines is 1. The molecule has 0 unspecified atom stereocenters.